The van der Waals surface area contributed by atoms with E-state index in [2.05, 4.69) is 15.4 Å². The Bertz CT molecular complexity index is 709. The number of hydrogen-bond acceptors (Lipinski definition) is 5. The van der Waals surface area contributed by atoms with Gasteiger partial charge in [0.25, 0.3) is 5.91 Å². The van der Waals surface area contributed by atoms with Gasteiger partial charge in [-0.25, -0.2) is 9.67 Å². The van der Waals surface area contributed by atoms with E-state index in [-0.39, 0.29) is 17.7 Å². The van der Waals surface area contributed by atoms with Crippen molar-refractivity contribution in [3.05, 3.63) is 35.9 Å². The molecule has 1 atom stereocenters. The lowest BCUT2D eigenvalue weighted by Gasteiger charge is -2.18. The first-order valence-electron chi connectivity index (χ1n) is 7.69. The molecule has 0 saturated heterocycles. The summed E-state index contributed by atoms with van der Waals surface area (Å²) >= 11 is 0. The monoisotopic (exact) mass is 316 g/mol. The molecule has 1 fully saturated rings. The number of amides is 1. The summed E-state index contributed by atoms with van der Waals surface area (Å²) in [5.41, 5.74) is 0.386. The second kappa shape index (κ2) is 6.28. The highest BCUT2D eigenvalue weighted by atomic mass is 16.5. The van der Waals surface area contributed by atoms with Crippen LogP contribution in [0.15, 0.2) is 24.5 Å². The average molecular weight is 316 g/mol. The summed E-state index contributed by atoms with van der Waals surface area (Å²) in [7, 11) is 1.47. The maximum Gasteiger partial charge on any atom is 0.252 e. The molecule has 7 nitrogen and oxygen atoms in total. The van der Waals surface area contributed by atoms with Gasteiger partial charge >= 0.3 is 0 Å². The minimum absolute atomic E-state index is 0.0557. The maximum absolute atomic E-state index is 12.5. The fourth-order valence-corrected chi connectivity index (χ4v) is 2.64. The van der Waals surface area contributed by atoms with Crippen LogP contribution in [0.1, 0.15) is 42.0 Å². The van der Waals surface area contributed by atoms with E-state index in [9.17, 15) is 9.90 Å². The fraction of sp³-hybridized carbons (Fsp3) is 0.438. The summed E-state index contributed by atoms with van der Waals surface area (Å²) in [6.45, 7) is 2.70. The highest BCUT2D eigenvalue weighted by Crippen LogP contribution is 2.40. The van der Waals surface area contributed by atoms with Gasteiger partial charge in [-0.1, -0.05) is 0 Å². The van der Waals surface area contributed by atoms with Crippen molar-refractivity contribution in [3.8, 4) is 11.5 Å². The van der Waals surface area contributed by atoms with Gasteiger partial charge in [-0.3, -0.25) is 4.79 Å². The Morgan fingerprint density at radius 2 is 2.30 bits per heavy atom. The third kappa shape index (κ3) is 3.13. The number of ether oxygens (including phenoxy) is 1. The Kier molecular flexibility index (Phi) is 4.18. The molecule has 23 heavy (non-hydrogen) atoms. The van der Waals surface area contributed by atoms with Gasteiger partial charge in [0.2, 0.25) is 0 Å². The molecule has 2 N–H and O–H groups in total. The molecule has 7 heteroatoms. The van der Waals surface area contributed by atoms with Crippen LogP contribution in [0.5, 0.6) is 11.5 Å². The first-order chi connectivity index (χ1) is 11.1. The zero-order valence-electron chi connectivity index (χ0n) is 13.2. The zero-order chi connectivity index (χ0) is 16.4. The first kappa shape index (κ1) is 15.3. The molecule has 0 radical (unpaired) electrons. The van der Waals surface area contributed by atoms with Crippen molar-refractivity contribution in [1.82, 2.24) is 20.1 Å². The van der Waals surface area contributed by atoms with Crippen LogP contribution in [0, 0.1) is 5.92 Å². The van der Waals surface area contributed by atoms with E-state index in [1.54, 1.807) is 16.8 Å². The van der Waals surface area contributed by atoms with Crippen LogP contribution in [0.2, 0.25) is 0 Å². The van der Waals surface area contributed by atoms with E-state index in [4.69, 9.17) is 4.74 Å². The lowest BCUT2D eigenvalue weighted by molar-refractivity contribution is 0.0928. The number of aromatic hydroxyl groups is 1. The van der Waals surface area contributed by atoms with Crippen molar-refractivity contribution in [1.29, 1.82) is 0 Å². The number of rotatable bonds is 6. The number of carbonyl (C=O) groups excluding carboxylic acids is 1. The van der Waals surface area contributed by atoms with E-state index < -0.39 is 0 Å². The number of phenolic OH excluding ortho intramolecular Hbond substituents is 1. The number of benzene rings is 1. The third-order valence-electron chi connectivity index (χ3n) is 4.04. The highest BCUT2D eigenvalue weighted by Gasteiger charge is 2.36. The number of nitrogens with zero attached hydrogens (tertiary/aromatic N) is 3. The van der Waals surface area contributed by atoms with Gasteiger partial charge in [0.15, 0.2) is 11.5 Å². The minimum atomic E-state index is -0.245. The SMILES string of the molecule is CCn1ncnc1[C@H](NC(=O)c1ccc(OC)c(O)c1)C1CC1. The van der Waals surface area contributed by atoms with E-state index in [0.717, 1.165) is 18.7 Å². The molecule has 1 aromatic carbocycles. The van der Waals surface area contributed by atoms with Crippen molar-refractivity contribution in [2.75, 3.05) is 7.11 Å². The first-order valence-corrected chi connectivity index (χ1v) is 7.69. The summed E-state index contributed by atoms with van der Waals surface area (Å²) in [6.07, 6.45) is 3.64. The Morgan fingerprint density at radius 1 is 1.52 bits per heavy atom. The molecular formula is C16H20N4O3. The number of nitrogens with one attached hydrogen (secondary N) is 1. The molecule has 3 rings (SSSR count). The van der Waals surface area contributed by atoms with E-state index in [1.807, 2.05) is 6.92 Å². The van der Waals surface area contributed by atoms with Gasteiger partial charge in [-0.05, 0) is 43.9 Å². The average Bonchev–Trinajstić information content (AvgIpc) is 3.29. The molecule has 0 aliphatic heterocycles. The molecule has 2 aromatic rings. The fourth-order valence-electron chi connectivity index (χ4n) is 2.64. The van der Waals surface area contributed by atoms with Gasteiger partial charge in [0.05, 0.1) is 13.2 Å². The molecule has 1 heterocycles. The third-order valence-corrected chi connectivity index (χ3v) is 4.04. The van der Waals surface area contributed by atoms with Crippen LogP contribution in [0.4, 0.5) is 0 Å². The minimum Gasteiger partial charge on any atom is -0.504 e. The van der Waals surface area contributed by atoms with E-state index >= 15 is 0 Å². The van der Waals surface area contributed by atoms with Gasteiger partial charge in [-0.2, -0.15) is 5.10 Å². The summed E-state index contributed by atoms with van der Waals surface area (Å²) in [4.78, 5) is 16.8. The summed E-state index contributed by atoms with van der Waals surface area (Å²) in [6, 6.07) is 4.45. The van der Waals surface area contributed by atoms with Gasteiger partial charge in [0.1, 0.15) is 12.2 Å². The van der Waals surface area contributed by atoms with Crippen LogP contribution in [-0.4, -0.2) is 32.9 Å². The van der Waals surface area contributed by atoms with Crippen molar-refractivity contribution in [2.45, 2.75) is 32.4 Å². The molecule has 1 aromatic heterocycles. The number of carbonyl (C=O) groups is 1. The lowest BCUT2D eigenvalue weighted by Crippen LogP contribution is -2.32. The Hall–Kier alpha value is -2.57. The van der Waals surface area contributed by atoms with Crippen molar-refractivity contribution in [3.63, 3.8) is 0 Å². The van der Waals surface area contributed by atoms with E-state index in [1.165, 1.54) is 19.5 Å². The second-order valence-corrected chi connectivity index (χ2v) is 5.61. The molecule has 122 valence electrons. The largest absolute Gasteiger partial charge is 0.504 e. The van der Waals surface area contributed by atoms with Gasteiger partial charge in [0, 0.05) is 12.1 Å². The summed E-state index contributed by atoms with van der Waals surface area (Å²) in [5, 5.41) is 17.0. The number of phenols is 1. The predicted octanol–water partition coefficient (Wildman–Crippen LogP) is 1.89. The van der Waals surface area contributed by atoms with Gasteiger partial charge < -0.3 is 15.2 Å². The molecule has 1 amide bonds. The number of hydrogen-bond donors (Lipinski definition) is 2. The van der Waals surface area contributed by atoms with Crippen LogP contribution >= 0.6 is 0 Å². The molecular weight excluding hydrogens is 296 g/mol. The van der Waals surface area contributed by atoms with Crippen molar-refractivity contribution < 1.29 is 14.6 Å². The molecule has 1 saturated carbocycles. The topological polar surface area (TPSA) is 89.3 Å². The number of aryl methyl sites for hydroxylation is 1. The van der Waals surface area contributed by atoms with Crippen LogP contribution < -0.4 is 10.1 Å². The van der Waals surface area contributed by atoms with Gasteiger partial charge in [-0.15, -0.1) is 0 Å². The normalized spacial score (nSPS) is 15.2. The molecule has 1 aliphatic carbocycles. The number of aromatic nitrogens is 3. The van der Waals surface area contributed by atoms with Crippen molar-refractivity contribution >= 4 is 5.91 Å². The second-order valence-electron chi connectivity index (χ2n) is 5.61. The maximum atomic E-state index is 12.5. The van der Waals surface area contributed by atoms with Crippen LogP contribution in [0.3, 0.4) is 0 Å². The van der Waals surface area contributed by atoms with Crippen LogP contribution in [0.25, 0.3) is 0 Å². The van der Waals surface area contributed by atoms with Crippen LogP contribution in [-0.2, 0) is 6.54 Å². The summed E-state index contributed by atoms with van der Waals surface area (Å²) in [5.74, 6) is 1.21. The summed E-state index contributed by atoms with van der Waals surface area (Å²) < 4.78 is 6.80. The molecule has 0 bridgehead atoms. The standard InChI is InChI=1S/C16H20N4O3/c1-3-20-15(17-9-18-20)14(10-4-5-10)19-16(22)11-6-7-13(23-2)12(21)8-11/h6-10,14,21H,3-5H2,1-2H3,(H,19,22)/t14-/m1/s1. The van der Waals surface area contributed by atoms with Crippen molar-refractivity contribution in [2.24, 2.45) is 5.92 Å². The predicted molar refractivity (Wildman–Crippen MR) is 83.3 cm³/mol. The Balaban J connectivity index is 1.80. The lowest BCUT2D eigenvalue weighted by atomic mass is 10.1. The smallest absolute Gasteiger partial charge is 0.252 e. The molecule has 0 unspecified atom stereocenters. The quantitative estimate of drug-likeness (QED) is 0.849. The Labute approximate surface area is 134 Å². The Morgan fingerprint density at radius 3 is 2.91 bits per heavy atom. The number of methoxy groups -OCH3 is 1. The highest BCUT2D eigenvalue weighted by molar-refractivity contribution is 5.95. The molecule has 1 aliphatic rings. The molecule has 0 spiro atoms. The zero-order valence-corrected chi connectivity index (χ0v) is 13.2. The van der Waals surface area contributed by atoms with E-state index in [0.29, 0.717) is 23.8 Å².